The highest BCUT2D eigenvalue weighted by Gasteiger charge is 2.34. The van der Waals surface area contributed by atoms with Gasteiger partial charge in [0.1, 0.15) is 12.0 Å². The number of amides is 1. The highest BCUT2D eigenvalue weighted by atomic mass is 35.5. The molecule has 0 atom stereocenters. The van der Waals surface area contributed by atoms with E-state index in [1.165, 1.54) is 11.8 Å². The number of carbonyl (C=O) groups excluding carboxylic acids is 1. The largest absolute Gasteiger partial charge is 0.492 e. The van der Waals surface area contributed by atoms with Gasteiger partial charge in [-0.25, -0.2) is 0 Å². The van der Waals surface area contributed by atoms with E-state index in [9.17, 15) is 4.79 Å². The predicted octanol–water partition coefficient (Wildman–Crippen LogP) is 3.65. The summed E-state index contributed by atoms with van der Waals surface area (Å²) in [5.41, 5.74) is 2.93. The molecule has 2 aromatic rings. The zero-order valence-corrected chi connectivity index (χ0v) is 18.0. The second-order valence-corrected chi connectivity index (χ2v) is 8.59. The molecular weight excluding hydrogens is 408 g/mol. The van der Waals surface area contributed by atoms with Crippen molar-refractivity contribution in [2.24, 2.45) is 0 Å². The van der Waals surface area contributed by atoms with Gasteiger partial charge in [0.15, 0.2) is 0 Å². The SMILES string of the molecule is CC1(C)COc2c(CN3CCCN(C(=O)c4ccoc4)CC3)cc(Cl)cc21.O=CO. The summed E-state index contributed by atoms with van der Waals surface area (Å²) in [6.45, 7) is 8.83. The highest BCUT2D eigenvalue weighted by molar-refractivity contribution is 6.30. The molecule has 0 radical (unpaired) electrons. The van der Waals surface area contributed by atoms with Crippen LogP contribution in [0, 0.1) is 0 Å². The van der Waals surface area contributed by atoms with Crippen LogP contribution in [0.4, 0.5) is 0 Å². The average Bonchev–Trinajstić information content (AvgIpc) is 3.26. The molecule has 7 nitrogen and oxygen atoms in total. The highest BCUT2D eigenvalue weighted by Crippen LogP contribution is 2.42. The third-order valence-corrected chi connectivity index (χ3v) is 5.69. The molecule has 2 aliphatic heterocycles. The molecule has 162 valence electrons. The molecule has 0 aliphatic carbocycles. The Bertz CT molecular complexity index is 882. The summed E-state index contributed by atoms with van der Waals surface area (Å²) in [6, 6.07) is 5.77. The van der Waals surface area contributed by atoms with Gasteiger partial charge < -0.3 is 19.2 Å². The fraction of sp³-hybridized carbons (Fsp3) is 0.455. The summed E-state index contributed by atoms with van der Waals surface area (Å²) in [4.78, 5) is 25.2. The number of carboxylic acid groups (broad SMARTS) is 1. The summed E-state index contributed by atoms with van der Waals surface area (Å²) >= 11 is 6.39. The molecule has 30 heavy (non-hydrogen) atoms. The topological polar surface area (TPSA) is 83.2 Å². The van der Waals surface area contributed by atoms with Crippen LogP contribution in [-0.2, 0) is 16.8 Å². The molecule has 1 aromatic carbocycles. The lowest BCUT2D eigenvalue weighted by Crippen LogP contribution is -2.34. The van der Waals surface area contributed by atoms with Gasteiger partial charge in [-0.1, -0.05) is 25.4 Å². The van der Waals surface area contributed by atoms with Gasteiger partial charge in [-0.15, -0.1) is 0 Å². The van der Waals surface area contributed by atoms with Crippen molar-refractivity contribution >= 4 is 24.0 Å². The summed E-state index contributed by atoms with van der Waals surface area (Å²) < 4.78 is 11.1. The summed E-state index contributed by atoms with van der Waals surface area (Å²) in [5.74, 6) is 1.03. The lowest BCUT2D eigenvalue weighted by Gasteiger charge is -2.23. The number of carbonyl (C=O) groups is 2. The van der Waals surface area contributed by atoms with E-state index >= 15 is 0 Å². The molecule has 0 saturated carbocycles. The van der Waals surface area contributed by atoms with Crippen LogP contribution < -0.4 is 4.74 Å². The number of rotatable bonds is 3. The normalized spacial score (nSPS) is 17.9. The predicted molar refractivity (Wildman–Crippen MR) is 113 cm³/mol. The van der Waals surface area contributed by atoms with E-state index in [1.807, 2.05) is 17.0 Å². The van der Waals surface area contributed by atoms with Crippen LogP contribution >= 0.6 is 11.6 Å². The second kappa shape index (κ2) is 9.53. The first-order valence-electron chi connectivity index (χ1n) is 9.93. The standard InChI is InChI=1S/C21H25ClN2O3.CH2O2/c1-21(2)14-27-19-16(10-17(22)11-18(19)21)12-23-5-3-6-24(8-7-23)20(25)15-4-9-26-13-15;2-1-3/h4,9-11,13H,3,5-8,12,14H2,1-2H3;1H,(H,2,3). The van der Waals surface area contributed by atoms with Crippen molar-refractivity contribution in [3.63, 3.8) is 0 Å². The summed E-state index contributed by atoms with van der Waals surface area (Å²) in [6.07, 6.45) is 4.00. The number of hydrogen-bond acceptors (Lipinski definition) is 5. The van der Waals surface area contributed by atoms with Crippen LogP contribution in [-0.4, -0.2) is 60.1 Å². The van der Waals surface area contributed by atoms with E-state index in [0.29, 0.717) is 18.7 Å². The lowest BCUT2D eigenvalue weighted by molar-refractivity contribution is -0.122. The van der Waals surface area contributed by atoms with E-state index in [2.05, 4.69) is 18.7 Å². The maximum Gasteiger partial charge on any atom is 0.290 e. The van der Waals surface area contributed by atoms with Crippen LogP contribution in [0.2, 0.25) is 5.02 Å². The van der Waals surface area contributed by atoms with Gasteiger partial charge in [0.25, 0.3) is 12.4 Å². The zero-order valence-electron chi connectivity index (χ0n) is 17.3. The average molecular weight is 435 g/mol. The van der Waals surface area contributed by atoms with Gasteiger partial charge in [0.2, 0.25) is 0 Å². The van der Waals surface area contributed by atoms with E-state index in [1.54, 1.807) is 12.3 Å². The Morgan fingerprint density at radius 3 is 2.73 bits per heavy atom. The molecule has 3 heterocycles. The van der Waals surface area contributed by atoms with Crippen LogP contribution in [0.5, 0.6) is 5.75 Å². The molecule has 1 aromatic heterocycles. The molecule has 1 saturated heterocycles. The Kier molecular flexibility index (Phi) is 7.05. The van der Waals surface area contributed by atoms with Crippen molar-refractivity contribution in [1.82, 2.24) is 9.80 Å². The minimum absolute atomic E-state index is 0.0123. The minimum Gasteiger partial charge on any atom is -0.492 e. The lowest BCUT2D eigenvalue weighted by atomic mass is 9.86. The Balaban J connectivity index is 0.000000806. The van der Waals surface area contributed by atoms with Crippen LogP contribution in [0.1, 0.15) is 41.8 Å². The van der Waals surface area contributed by atoms with Gasteiger partial charge in [0.05, 0.1) is 18.4 Å². The number of hydrogen-bond donors (Lipinski definition) is 1. The fourth-order valence-corrected chi connectivity index (χ4v) is 4.15. The van der Waals surface area contributed by atoms with Gasteiger partial charge in [-0.3, -0.25) is 14.5 Å². The van der Waals surface area contributed by atoms with E-state index in [0.717, 1.165) is 48.9 Å². The van der Waals surface area contributed by atoms with Crippen LogP contribution in [0.15, 0.2) is 35.1 Å². The van der Waals surface area contributed by atoms with Crippen LogP contribution in [0.25, 0.3) is 0 Å². The van der Waals surface area contributed by atoms with Gasteiger partial charge in [-0.2, -0.15) is 0 Å². The van der Waals surface area contributed by atoms with Crippen molar-refractivity contribution in [2.75, 3.05) is 32.8 Å². The zero-order chi connectivity index (χ0) is 21.7. The van der Waals surface area contributed by atoms with E-state index in [4.69, 9.17) is 30.7 Å². The second-order valence-electron chi connectivity index (χ2n) is 8.15. The van der Waals surface area contributed by atoms with Gasteiger partial charge in [-0.05, 0) is 24.6 Å². The molecule has 1 N–H and O–H groups in total. The number of fused-ring (bicyclic) bond motifs is 1. The van der Waals surface area contributed by atoms with E-state index in [-0.39, 0.29) is 17.8 Å². The van der Waals surface area contributed by atoms with Crippen molar-refractivity contribution in [1.29, 1.82) is 0 Å². The number of furan rings is 1. The number of nitrogens with zero attached hydrogens (tertiary/aromatic N) is 2. The third kappa shape index (κ3) is 4.96. The first-order chi connectivity index (χ1) is 14.4. The number of halogens is 1. The maximum absolute atomic E-state index is 12.6. The summed E-state index contributed by atoms with van der Waals surface area (Å²) in [5, 5.41) is 7.65. The number of benzene rings is 1. The summed E-state index contributed by atoms with van der Waals surface area (Å²) in [7, 11) is 0. The first kappa shape index (κ1) is 22.2. The monoisotopic (exact) mass is 434 g/mol. The smallest absolute Gasteiger partial charge is 0.290 e. The quantitative estimate of drug-likeness (QED) is 0.742. The third-order valence-electron chi connectivity index (χ3n) is 5.47. The van der Waals surface area contributed by atoms with Crippen LogP contribution in [0.3, 0.4) is 0 Å². The van der Waals surface area contributed by atoms with Crippen molar-refractivity contribution < 1.29 is 23.8 Å². The molecule has 1 amide bonds. The molecule has 0 spiro atoms. The minimum atomic E-state index is -0.250. The van der Waals surface area contributed by atoms with E-state index < -0.39 is 0 Å². The Morgan fingerprint density at radius 1 is 1.27 bits per heavy atom. The van der Waals surface area contributed by atoms with Crippen molar-refractivity contribution in [3.8, 4) is 5.75 Å². The molecule has 1 fully saturated rings. The maximum atomic E-state index is 12.6. The Morgan fingerprint density at radius 2 is 2.03 bits per heavy atom. The molecule has 8 heteroatoms. The fourth-order valence-electron chi connectivity index (χ4n) is 3.91. The van der Waals surface area contributed by atoms with Gasteiger partial charge >= 0.3 is 0 Å². The number of ether oxygens (including phenoxy) is 1. The molecule has 0 unspecified atom stereocenters. The molecule has 0 bridgehead atoms. The van der Waals surface area contributed by atoms with Gasteiger partial charge in [0, 0.05) is 54.3 Å². The van der Waals surface area contributed by atoms with Crippen molar-refractivity contribution in [3.05, 3.63) is 52.4 Å². The van der Waals surface area contributed by atoms with Crippen molar-refractivity contribution in [2.45, 2.75) is 32.2 Å². The Labute approximate surface area is 181 Å². The molecular formula is C22H27ClN2O5. The molecule has 4 rings (SSSR count). The first-order valence-corrected chi connectivity index (χ1v) is 10.3. The Hall–Kier alpha value is -2.51. The molecule has 2 aliphatic rings.